The molecule has 5 aliphatic rings. The molecule has 1 aromatic carbocycles. The summed E-state index contributed by atoms with van der Waals surface area (Å²) in [7, 11) is 0. The van der Waals surface area contributed by atoms with Crippen LogP contribution in [0.25, 0.3) is 0 Å². The lowest BCUT2D eigenvalue weighted by atomic mass is 9.27. The van der Waals surface area contributed by atoms with Gasteiger partial charge in [0.05, 0.1) is 22.0 Å². The highest BCUT2D eigenvalue weighted by atomic mass is 16.3. The summed E-state index contributed by atoms with van der Waals surface area (Å²) < 4.78 is 0. The van der Waals surface area contributed by atoms with Gasteiger partial charge in [0.1, 0.15) is 0 Å². The maximum Gasteiger partial charge on any atom is 0.184 e. The molecule has 238 valence electrons. The molecule has 0 radical (unpaired) electrons. The molecule has 0 aliphatic heterocycles. The van der Waals surface area contributed by atoms with Crippen molar-refractivity contribution in [2.45, 2.75) is 106 Å². The van der Waals surface area contributed by atoms with Gasteiger partial charge in [-0.3, -0.25) is 19.2 Å². The normalized spacial score (nSPS) is 36.1. The molecule has 0 aromatic heterocycles. The van der Waals surface area contributed by atoms with Crippen LogP contribution in [0.3, 0.4) is 0 Å². The number of hydrogen-bond donors (Lipinski definition) is 2. The maximum atomic E-state index is 15.3. The molecule has 7 atom stereocenters. The number of ketones is 4. The second-order valence-electron chi connectivity index (χ2n) is 16.3. The lowest BCUT2D eigenvalue weighted by Crippen LogP contribution is -2.83. The molecular formula is C38H50O6. The van der Waals surface area contributed by atoms with E-state index in [1.54, 1.807) is 58.0 Å². The van der Waals surface area contributed by atoms with E-state index < -0.39 is 73.7 Å². The molecule has 2 N–H and O–H groups in total. The zero-order chi connectivity index (χ0) is 32.8. The number of benzene rings is 1. The quantitative estimate of drug-likeness (QED) is 0.190. The van der Waals surface area contributed by atoms with Gasteiger partial charge in [0.25, 0.3) is 0 Å². The van der Waals surface area contributed by atoms with E-state index in [1.807, 2.05) is 40.7 Å². The summed E-state index contributed by atoms with van der Waals surface area (Å²) in [5.41, 5.74) is -6.39. The molecule has 5 saturated carbocycles. The minimum atomic E-state index is -2.04. The van der Waals surface area contributed by atoms with Crippen molar-refractivity contribution in [2.75, 3.05) is 0 Å². The Hall–Kier alpha value is -2.70. The second kappa shape index (κ2) is 10.2. The zero-order valence-corrected chi connectivity index (χ0v) is 27.9. The third-order valence-corrected chi connectivity index (χ3v) is 12.2. The number of carbonyl (C=O) groups excluding carboxylic acids is 4. The number of aliphatic hydroxyl groups is 2. The molecule has 44 heavy (non-hydrogen) atoms. The minimum Gasteiger partial charge on any atom is -0.390 e. The van der Waals surface area contributed by atoms with Crippen LogP contribution in [0.15, 0.2) is 53.6 Å². The van der Waals surface area contributed by atoms with E-state index in [0.717, 1.165) is 18.4 Å². The molecule has 1 aromatic rings. The summed E-state index contributed by atoms with van der Waals surface area (Å²) in [6.45, 7) is 16.5. The van der Waals surface area contributed by atoms with E-state index >= 15 is 14.4 Å². The average Bonchev–Trinajstić information content (AvgIpc) is 3.31. The molecule has 6 rings (SSSR count). The fourth-order valence-corrected chi connectivity index (χ4v) is 10.2. The average molecular weight is 603 g/mol. The largest absolute Gasteiger partial charge is 0.390 e. The first kappa shape index (κ1) is 32.7. The van der Waals surface area contributed by atoms with Crippen LogP contribution < -0.4 is 0 Å². The Kier molecular flexibility index (Phi) is 7.54. The fourth-order valence-electron chi connectivity index (χ4n) is 10.2. The van der Waals surface area contributed by atoms with Gasteiger partial charge in [-0.1, -0.05) is 67.5 Å². The van der Waals surface area contributed by atoms with E-state index in [1.165, 1.54) is 5.57 Å². The number of Topliss-reactive ketones (excluding diaryl/α,β-unsaturated/α-hetero) is 4. The van der Waals surface area contributed by atoms with Crippen LogP contribution in [0.1, 0.15) is 105 Å². The first-order chi connectivity index (χ1) is 20.2. The highest BCUT2D eigenvalue weighted by Crippen LogP contribution is 2.80. The predicted molar refractivity (Wildman–Crippen MR) is 170 cm³/mol. The van der Waals surface area contributed by atoms with E-state index in [0.29, 0.717) is 0 Å². The topological polar surface area (TPSA) is 109 Å². The van der Waals surface area contributed by atoms with E-state index in [2.05, 4.69) is 6.08 Å². The fraction of sp³-hybridized carbons (Fsp3) is 0.632. The van der Waals surface area contributed by atoms with Crippen LogP contribution in [0.2, 0.25) is 0 Å². The first-order valence-electron chi connectivity index (χ1n) is 16.2. The van der Waals surface area contributed by atoms with Crippen LogP contribution in [-0.4, -0.2) is 44.5 Å². The molecule has 0 unspecified atom stereocenters. The molecule has 5 fully saturated rings. The SMILES string of the molecule is CC(C)=CCC/C(C)=C/C[C@]12C[C@H]3[C@H]4[C@@H](C(C)(C)O)[C@@H](C(C)(C)O)C[C@@]4(C1=O)C(=O)[C@](C(=O)c1ccccc1)(C2=O)C3(C)C. The molecule has 5 aliphatic carbocycles. The van der Waals surface area contributed by atoms with E-state index in [-0.39, 0.29) is 30.7 Å². The third kappa shape index (κ3) is 4.12. The molecule has 4 bridgehead atoms. The highest BCUT2D eigenvalue weighted by molar-refractivity contribution is 6.42. The summed E-state index contributed by atoms with van der Waals surface area (Å²) in [6, 6.07) is 8.51. The number of allylic oxidation sites excluding steroid dienone is 4. The lowest BCUT2D eigenvalue weighted by molar-refractivity contribution is -0.217. The molecule has 1 spiro atoms. The summed E-state index contributed by atoms with van der Waals surface area (Å²) in [4.78, 5) is 60.4. The van der Waals surface area contributed by atoms with Gasteiger partial charge >= 0.3 is 0 Å². The Morgan fingerprint density at radius 3 is 2.05 bits per heavy atom. The van der Waals surface area contributed by atoms with Gasteiger partial charge < -0.3 is 10.2 Å². The molecule has 0 saturated heterocycles. The maximum absolute atomic E-state index is 15.3. The van der Waals surface area contributed by atoms with Crippen molar-refractivity contribution in [1.82, 2.24) is 0 Å². The molecule has 0 heterocycles. The van der Waals surface area contributed by atoms with Crippen LogP contribution in [-0.2, 0) is 14.4 Å². The second-order valence-corrected chi connectivity index (χ2v) is 16.3. The Morgan fingerprint density at radius 1 is 0.886 bits per heavy atom. The molecule has 0 amide bonds. The van der Waals surface area contributed by atoms with Gasteiger partial charge in [-0.25, -0.2) is 0 Å². The van der Waals surface area contributed by atoms with Crippen LogP contribution in [0, 0.1) is 45.3 Å². The Morgan fingerprint density at radius 2 is 1.50 bits per heavy atom. The van der Waals surface area contributed by atoms with Crippen molar-refractivity contribution in [3.8, 4) is 0 Å². The standard InChI is InChI=1S/C38H50O6/c1-22(2)14-13-15-23(3)18-19-36-20-25-28-27(35(8,9)44)26(34(6,7)43)21-37(28,30(36)40)32(42)38(31(36)41,33(25,4)5)29(39)24-16-11-10-12-17-24/h10-12,14,16-18,25-28,43-44H,13,15,19-21H2,1-9H3/b23-18+/t25-,26-,27-,28-,36-,37+,38-/m0/s1. The smallest absolute Gasteiger partial charge is 0.184 e. The number of rotatable bonds is 9. The predicted octanol–water partition coefficient (Wildman–Crippen LogP) is 6.49. The minimum absolute atomic E-state index is 0.0161. The van der Waals surface area contributed by atoms with Crippen molar-refractivity contribution in [3.05, 3.63) is 59.2 Å². The van der Waals surface area contributed by atoms with Crippen LogP contribution >= 0.6 is 0 Å². The van der Waals surface area contributed by atoms with Crippen molar-refractivity contribution >= 4 is 23.1 Å². The van der Waals surface area contributed by atoms with Gasteiger partial charge in [-0.05, 0) is 110 Å². The van der Waals surface area contributed by atoms with Gasteiger partial charge in [0, 0.05) is 5.56 Å². The molecule has 6 heteroatoms. The summed E-state index contributed by atoms with van der Waals surface area (Å²) >= 11 is 0. The molecule has 6 nitrogen and oxygen atoms in total. The highest BCUT2D eigenvalue weighted by Gasteiger charge is 2.90. The zero-order valence-electron chi connectivity index (χ0n) is 27.9. The van der Waals surface area contributed by atoms with Crippen LogP contribution in [0.5, 0.6) is 0 Å². The summed E-state index contributed by atoms with van der Waals surface area (Å²) in [6.07, 6.45) is 6.14. The lowest BCUT2D eigenvalue weighted by Gasteiger charge is -2.71. The Balaban J connectivity index is 1.77. The monoisotopic (exact) mass is 602 g/mol. The Bertz CT molecular complexity index is 1460. The third-order valence-electron chi connectivity index (χ3n) is 12.2. The first-order valence-corrected chi connectivity index (χ1v) is 16.2. The van der Waals surface area contributed by atoms with Crippen molar-refractivity contribution in [2.24, 2.45) is 45.3 Å². The van der Waals surface area contributed by atoms with Crippen molar-refractivity contribution < 1.29 is 29.4 Å². The summed E-state index contributed by atoms with van der Waals surface area (Å²) in [5, 5.41) is 23.1. The summed E-state index contributed by atoms with van der Waals surface area (Å²) in [5.74, 6) is -4.26. The van der Waals surface area contributed by atoms with Gasteiger partial charge in [-0.2, -0.15) is 0 Å². The Labute approximate surface area is 262 Å². The van der Waals surface area contributed by atoms with Crippen molar-refractivity contribution in [3.63, 3.8) is 0 Å². The van der Waals surface area contributed by atoms with Crippen LogP contribution in [0.4, 0.5) is 0 Å². The van der Waals surface area contributed by atoms with Crippen molar-refractivity contribution in [1.29, 1.82) is 0 Å². The van der Waals surface area contributed by atoms with Gasteiger partial charge in [0.15, 0.2) is 28.5 Å². The number of hydrogen-bond acceptors (Lipinski definition) is 6. The van der Waals surface area contributed by atoms with Gasteiger partial charge in [-0.15, -0.1) is 0 Å². The number of carbonyl (C=O) groups is 4. The molecular weight excluding hydrogens is 552 g/mol. The van der Waals surface area contributed by atoms with Gasteiger partial charge in [0.2, 0.25) is 0 Å². The van der Waals surface area contributed by atoms with E-state index in [4.69, 9.17) is 0 Å². The van der Waals surface area contributed by atoms with E-state index in [9.17, 15) is 15.0 Å².